The number of hydrogen-bond acceptors (Lipinski definition) is 6. The Bertz CT molecular complexity index is 1520. The first-order valence-electron chi connectivity index (χ1n) is 11.4. The zero-order chi connectivity index (χ0) is 25.5. The highest BCUT2D eigenvalue weighted by Gasteiger charge is 2.16. The Kier molecular flexibility index (Phi) is 7.29. The molecule has 0 fully saturated rings. The van der Waals surface area contributed by atoms with Crippen molar-refractivity contribution in [3.05, 3.63) is 126 Å². The van der Waals surface area contributed by atoms with Crippen molar-refractivity contribution in [2.75, 3.05) is 10.7 Å². The van der Waals surface area contributed by atoms with Gasteiger partial charge in [-0.15, -0.1) is 0 Å². The number of hydrazone groups is 1. The van der Waals surface area contributed by atoms with Crippen molar-refractivity contribution >= 4 is 33.6 Å². The van der Waals surface area contributed by atoms with Crippen molar-refractivity contribution < 1.29 is 13.9 Å². The molecule has 37 heavy (non-hydrogen) atoms. The van der Waals surface area contributed by atoms with Crippen LogP contribution in [-0.2, 0) is 0 Å². The highest BCUT2D eigenvalue weighted by molar-refractivity contribution is 7.20. The number of ether oxygens (including phenoxy) is 1. The highest BCUT2D eigenvalue weighted by atomic mass is 32.1. The number of halogens is 1. The Morgan fingerprint density at radius 1 is 0.865 bits per heavy atom. The van der Waals surface area contributed by atoms with Crippen molar-refractivity contribution in [1.82, 2.24) is 4.98 Å². The molecular formula is C29H21FN4O2S. The lowest BCUT2D eigenvalue weighted by atomic mass is 10.1. The molecule has 5 aromatic rings. The number of anilines is 2. The average molecular weight is 509 g/mol. The number of para-hydroxylation sites is 1. The van der Waals surface area contributed by atoms with Crippen LogP contribution in [0.3, 0.4) is 0 Å². The number of amides is 1. The van der Waals surface area contributed by atoms with E-state index in [-0.39, 0.29) is 5.91 Å². The zero-order valence-corrected chi connectivity index (χ0v) is 20.3. The summed E-state index contributed by atoms with van der Waals surface area (Å²) < 4.78 is 19.1. The molecule has 0 aliphatic carbocycles. The molecule has 0 bridgehead atoms. The van der Waals surface area contributed by atoms with Crippen LogP contribution in [0.4, 0.5) is 14.5 Å². The number of carbonyl (C=O) groups is 1. The first kappa shape index (κ1) is 23.9. The van der Waals surface area contributed by atoms with Crippen LogP contribution >= 0.6 is 11.3 Å². The van der Waals surface area contributed by atoms with E-state index in [9.17, 15) is 9.18 Å². The normalized spacial score (nSPS) is 10.8. The van der Waals surface area contributed by atoms with E-state index in [1.807, 2.05) is 84.9 Å². The Labute approximate surface area is 217 Å². The molecule has 0 aliphatic rings. The predicted molar refractivity (Wildman–Crippen MR) is 146 cm³/mol. The SMILES string of the molecule is O=C(Nc1sc(NN=Cc2cccc(Oc3ccccc3)c2)nc1-c1ccccc1)c1ccc(F)cc1. The molecule has 0 aliphatic heterocycles. The van der Waals surface area contributed by atoms with Crippen LogP contribution in [0.2, 0.25) is 0 Å². The second-order valence-electron chi connectivity index (χ2n) is 7.88. The number of nitrogens with one attached hydrogen (secondary N) is 2. The molecule has 1 amide bonds. The third-order valence-electron chi connectivity index (χ3n) is 5.22. The first-order chi connectivity index (χ1) is 18.1. The summed E-state index contributed by atoms with van der Waals surface area (Å²) in [7, 11) is 0. The van der Waals surface area contributed by atoms with Crippen LogP contribution in [-0.4, -0.2) is 17.1 Å². The summed E-state index contributed by atoms with van der Waals surface area (Å²) in [5.41, 5.74) is 5.59. The lowest BCUT2D eigenvalue weighted by molar-refractivity contribution is 0.102. The van der Waals surface area contributed by atoms with E-state index in [1.54, 1.807) is 6.21 Å². The standard InChI is InChI=1S/C29H21FN4O2S/c30-23-16-14-22(15-17-23)27(35)33-28-26(21-9-3-1-4-10-21)32-29(37-28)34-31-19-20-8-7-13-25(18-20)36-24-11-5-2-6-12-24/h1-19H,(H,32,34)(H,33,35). The number of carbonyl (C=O) groups excluding carboxylic acids is 1. The van der Waals surface area contributed by atoms with Gasteiger partial charge in [-0.1, -0.05) is 72.0 Å². The van der Waals surface area contributed by atoms with Gasteiger partial charge in [0.1, 0.15) is 28.0 Å². The molecule has 0 saturated heterocycles. The van der Waals surface area contributed by atoms with Crippen LogP contribution in [0.25, 0.3) is 11.3 Å². The molecule has 1 heterocycles. The van der Waals surface area contributed by atoms with Crippen molar-refractivity contribution in [3.63, 3.8) is 0 Å². The van der Waals surface area contributed by atoms with Gasteiger partial charge in [0.15, 0.2) is 0 Å². The smallest absolute Gasteiger partial charge is 0.256 e. The van der Waals surface area contributed by atoms with E-state index >= 15 is 0 Å². The summed E-state index contributed by atoms with van der Waals surface area (Å²) in [6.45, 7) is 0. The Morgan fingerprint density at radius 2 is 1.57 bits per heavy atom. The molecule has 0 atom stereocenters. The minimum atomic E-state index is -0.402. The Morgan fingerprint density at radius 3 is 2.32 bits per heavy atom. The topological polar surface area (TPSA) is 75.6 Å². The van der Waals surface area contributed by atoms with Gasteiger partial charge in [0.2, 0.25) is 5.13 Å². The number of rotatable bonds is 8. The van der Waals surface area contributed by atoms with Crippen LogP contribution in [0, 0.1) is 5.82 Å². The van der Waals surface area contributed by atoms with Gasteiger partial charge >= 0.3 is 0 Å². The zero-order valence-electron chi connectivity index (χ0n) is 19.5. The van der Waals surface area contributed by atoms with E-state index in [0.29, 0.717) is 27.1 Å². The van der Waals surface area contributed by atoms with Crippen LogP contribution in [0.15, 0.2) is 114 Å². The van der Waals surface area contributed by atoms with Gasteiger partial charge in [0.25, 0.3) is 5.91 Å². The molecule has 1 aromatic heterocycles. The molecular weight excluding hydrogens is 487 g/mol. The summed E-state index contributed by atoms with van der Waals surface area (Å²) in [6, 6.07) is 32.0. The maximum absolute atomic E-state index is 13.3. The minimum Gasteiger partial charge on any atom is -0.457 e. The molecule has 182 valence electrons. The lowest BCUT2D eigenvalue weighted by Gasteiger charge is -2.05. The van der Waals surface area contributed by atoms with Crippen molar-refractivity contribution in [2.24, 2.45) is 5.10 Å². The summed E-state index contributed by atoms with van der Waals surface area (Å²) in [5, 5.41) is 8.26. The summed E-state index contributed by atoms with van der Waals surface area (Å²) in [4.78, 5) is 17.4. The van der Waals surface area contributed by atoms with E-state index in [4.69, 9.17) is 4.74 Å². The number of benzene rings is 4. The average Bonchev–Trinajstić information content (AvgIpc) is 3.32. The molecule has 4 aromatic carbocycles. The fraction of sp³-hybridized carbons (Fsp3) is 0. The summed E-state index contributed by atoms with van der Waals surface area (Å²) in [6.07, 6.45) is 1.66. The van der Waals surface area contributed by atoms with Gasteiger partial charge in [0, 0.05) is 11.1 Å². The molecule has 2 N–H and O–H groups in total. The fourth-order valence-electron chi connectivity index (χ4n) is 3.47. The predicted octanol–water partition coefficient (Wildman–Crippen LogP) is 7.44. The molecule has 0 spiro atoms. The van der Waals surface area contributed by atoms with E-state index < -0.39 is 5.82 Å². The minimum absolute atomic E-state index is 0.346. The highest BCUT2D eigenvalue weighted by Crippen LogP contribution is 2.36. The first-order valence-corrected chi connectivity index (χ1v) is 12.2. The second-order valence-corrected chi connectivity index (χ2v) is 8.88. The van der Waals surface area contributed by atoms with Gasteiger partial charge in [-0.3, -0.25) is 10.2 Å². The van der Waals surface area contributed by atoms with Gasteiger partial charge in [-0.2, -0.15) is 5.10 Å². The van der Waals surface area contributed by atoms with E-state index in [1.165, 1.54) is 35.6 Å². The monoisotopic (exact) mass is 508 g/mol. The fourth-order valence-corrected chi connectivity index (χ4v) is 4.30. The molecule has 6 nitrogen and oxygen atoms in total. The largest absolute Gasteiger partial charge is 0.457 e. The number of aromatic nitrogens is 1. The molecule has 5 rings (SSSR count). The summed E-state index contributed by atoms with van der Waals surface area (Å²) in [5.74, 6) is 0.689. The third-order valence-corrected chi connectivity index (χ3v) is 6.09. The second kappa shape index (κ2) is 11.3. The van der Waals surface area contributed by atoms with Crippen molar-refractivity contribution in [2.45, 2.75) is 0 Å². The van der Waals surface area contributed by atoms with Crippen molar-refractivity contribution in [1.29, 1.82) is 0 Å². The van der Waals surface area contributed by atoms with Crippen LogP contribution in [0.5, 0.6) is 11.5 Å². The van der Waals surface area contributed by atoms with Gasteiger partial charge in [0.05, 0.1) is 6.21 Å². The van der Waals surface area contributed by atoms with E-state index in [2.05, 4.69) is 20.8 Å². The van der Waals surface area contributed by atoms with Crippen LogP contribution < -0.4 is 15.5 Å². The van der Waals surface area contributed by atoms with E-state index in [0.717, 1.165) is 16.9 Å². The van der Waals surface area contributed by atoms with Crippen molar-refractivity contribution in [3.8, 4) is 22.8 Å². The maximum Gasteiger partial charge on any atom is 0.256 e. The summed E-state index contributed by atoms with van der Waals surface area (Å²) >= 11 is 1.25. The van der Waals surface area contributed by atoms with Crippen LogP contribution in [0.1, 0.15) is 15.9 Å². The maximum atomic E-state index is 13.3. The molecule has 0 unspecified atom stereocenters. The van der Waals surface area contributed by atoms with Gasteiger partial charge in [-0.25, -0.2) is 9.37 Å². The number of hydrogen-bond donors (Lipinski definition) is 2. The third kappa shape index (κ3) is 6.25. The lowest BCUT2D eigenvalue weighted by Crippen LogP contribution is -2.11. The van der Waals surface area contributed by atoms with Gasteiger partial charge in [-0.05, 0) is 54.1 Å². The quantitative estimate of drug-likeness (QED) is 0.169. The molecule has 8 heteroatoms. The number of nitrogens with zero attached hydrogens (tertiary/aromatic N) is 2. The Hall–Kier alpha value is -4.82. The Balaban J connectivity index is 1.33. The number of thiazole rings is 1. The molecule has 0 saturated carbocycles. The molecule has 0 radical (unpaired) electrons. The van der Waals surface area contributed by atoms with Gasteiger partial charge < -0.3 is 10.1 Å².